The molecule has 3 rings (SSSR count). The summed E-state index contributed by atoms with van der Waals surface area (Å²) in [6.45, 7) is 2.00. The largest absolute Gasteiger partial charge is 0.476 e. The second kappa shape index (κ2) is 5.36. The lowest BCUT2D eigenvalue weighted by Gasteiger charge is -2.45. The lowest BCUT2D eigenvalue weighted by atomic mass is 9.83. The van der Waals surface area contributed by atoms with Crippen LogP contribution in [-0.2, 0) is 4.74 Å². The van der Waals surface area contributed by atoms with Crippen molar-refractivity contribution in [3.8, 4) is 0 Å². The van der Waals surface area contributed by atoms with Gasteiger partial charge in [0.05, 0.1) is 12.2 Å². The first kappa shape index (κ1) is 13.3. The summed E-state index contributed by atoms with van der Waals surface area (Å²) in [7, 11) is 0. The van der Waals surface area contributed by atoms with Crippen LogP contribution in [0.4, 0.5) is 5.82 Å². The number of hydrogen-bond acceptors (Lipinski definition) is 5. The van der Waals surface area contributed by atoms with Gasteiger partial charge in [0, 0.05) is 25.5 Å². The predicted octanol–water partition coefficient (Wildman–Crippen LogP) is 1.71. The van der Waals surface area contributed by atoms with E-state index in [0.717, 1.165) is 12.8 Å². The highest BCUT2D eigenvalue weighted by Crippen LogP contribution is 2.35. The van der Waals surface area contributed by atoms with Crippen LogP contribution in [0.15, 0.2) is 12.4 Å². The number of nitrogens with zero attached hydrogens (tertiary/aromatic N) is 3. The number of morpholine rings is 1. The molecule has 1 saturated heterocycles. The summed E-state index contributed by atoms with van der Waals surface area (Å²) >= 11 is 0. The zero-order chi connectivity index (χ0) is 14.0. The monoisotopic (exact) mass is 277 g/mol. The maximum atomic E-state index is 11.3. The fraction of sp³-hybridized carbons (Fsp3) is 0.643. The number of hydrogen-bond donors (Lipinski definition) is 1. The molecule has 6 nitrogen and oxygen atoms in total. The van der Waals surface area contributed by atoms with E-state index in [2.05, 4.69) is 9.97 Å². The highest BCUT2D eigenvalue weighted by Gasteiger charge is 2.39. The smallest absolute Gasteiger partial charge is 0.358 e. The third-order valence-corrected chi connectivity index (χ3v) is 4.19. The van der Waals surface area contributed by atoms with Crippen molar-refractivity contribution in [2.45, 2.75) is 37.7 Å². The summed E-state index contributed by atoms with van der Waals surface area (Å²) in [5, 5.41) is 9.24. The average Bonchev–Trinajstić information content (AvgIpc) is 2.48. The molecule has 20 heavy (non-hydrogen) atoms. The summed E-state index contributed by atoms with van der Waals surface area (Å²) < 4.78 is 6.02. The first-order valence-corrected chi connectivity index (χ1v) is 7.13. The lowest BCUT2D eigenvalue weighted by Crippen LogP contribution is -2.53. The molecule has 1 aliphatic carbocycles. The van der Waals surface area contributed by atoms with Crippen LogP contribution < -0.4 is 4.90 Å². The van der Waals surface area contributed by atoms with Crippen LogP contribution in [0.5, 0.6) is 0 Å². The van der Waals surface area contributed by atoms with Gasteiger partial charge in [0.25, 0.3) is 0 Å². The second-order valence-electron chi connectivity index (χ2n) is 5.55. The van der Waals surface area contributed by atoms with Gasteiger partial charge in [-0.25, -0.2) is 14.8 Å². The summed E-state index contributed by atoms with van der Waals surface area (Å²) in [5.74, 6) is -0.564. The Hall–Kier alpha value is -1.69. The number of aromatic carboxylic acids is 1. The molecule has 0 radical (unpaired) electrons. The third kappa shape index (κ3) is 2.47. The molecule has 1 aromatic rings. The number of carboxylic acids is 1. The first-order chi connectivity index (χ1) is 9.70. The first-order valence-electron chi connectivity index (χ1n) is 7.13. The van der Waals surface area contributed by atoms with Gasteiger partial charge in [-0.3, -0.25) is 0 Å². The number of anilines is 1. The normalized spacial score (nSPS) is 21.9. The van der Waals surface area contributed by atoms with Crippen LogP contribution in [0, 0.1) is 0 Å². The Bertz CT molecular complexity index is 495. The number of carbonyl (C=O) groups is 1. The van der Waals surface area contributed by atoms with E-state index >= 15 is 0 Å². The van der Waals surface area contributed by atoms with Gasteiger partial charge in [0.2, 0.25) is 0 Å². The summed E-state index contributed by atoms with van der Waals surface area (Å²) in [6.07, 6.45) is 8.68. The van der Waals surface area contributed by atoms with Crippen molar-refractivity contribution in [1.82, 2.24) is 9.97 Å². The second-order valence-corrected chi connectivity index (χ2v) is 5.55. The third-order valence-electron chi connectivity index (χ3n) is 4.19. The molecule has 1 N–H and O–H groups in total. The molecular formula is C14H19N3O3. The SMILES string of the molecule is O=C(O)c1nccnc1N1CCOC2(CCCCC2)C1. The maximum absolute atomic E-state index is 11.3. The Kier molecular flexibility index (Phi) is 3.56. The molecule has 1 aromatic heterocycles. The molecule has 6 heteroatoms. The van der Waals surface area contributed by atoms with Gasteiger partial charge in [-0.05, 0) is 12.8 Å². The van der Waals surface area contributed by atoms with Gasteiger partial charge in [-0.2, -0.15) is 0 Å². The average molecular weight is 277 g/mol. The molecular weight excluding hydrogens is 258 g/mol. The fourth-order valence-electron chi connectivity index (χ4n) is 3.24. The van der Waals surface area contributed by atoms with Crippen molar-refractivity contribution in [2.75, 3.05) is 24.6 Å². The van der Waals surface area contributed by atoms with E-state index in [1.165, 1.54) is 25.5 Å². The number of rotatable bonds is 2. The molecule has 1 saturated carbocycles. The van der Waals surface area contributed by atoms with Crippen LogP contribution in [0.1, 0.15) is 42.6 Å². The maximum Gasteiger partial charge on any atom is 0.358 e. The van der Waals surface area contributed by atoms with E-state index in [4.69, 9.17) is 4.74 Å². The van der Waals surface area contributed by atoms with Crippen molar-refractivity contribution in [2.24, 2.45) is 0 Å². The van der Waals surface area contributed by atoms with Gasteiger partial charge in [0.1, 0.15) is 0 Å². The van der Waals surface area contributed by atoms with E-state index in [0.29, 0.717) is 25.5 Å². The molecule has 0 bridgehead atoms. The predicted molar refractivity (Wildman–Crippen MR) is 73.0 cm³/mol. The van der Waals surface area contributed by atoms with Crippen molar-refractivity contribution >= 4 is 11.8 Å². The zero-order valence-corrected chi connectivity index (χ0v) is 11.4. The van der Waals surface area contributed by atoms with Crippen LogP contribution >= 0.6 is 0 Å². The Morgan fingerprint density at radius 3 is 2.75 bits per heavy atom. The van der Waals surface area contributed by atoms with Gasteiger partial charge < -0.3 is 14.7 Å². The summed E-state index contributed by atoms with van der Waals surface area (Å²) in [4.78, 5) is 21.5. The Morgan fingerprint density at radius 1 is 1.25 bits per heavy atom. The Balaban J connectivity index is 1.85. The van der Waals surface area contributed by atoms with Gasteiger partial charge in [-0.1, -0.05) is 19.3 Å². The molecule has 0 aromatic carbocycles. The molecule has 0 amide bonds. The van der Waals surface area contributed by atoms with Crippen molar-refractivity contribution in [3.63, 3.8) is 0 Å². The van der Waals surface area contributed by atoms with Gasteiger partial charge in [0.15, 0.2) is 11.5 Å². The molecule has 1 aliphatic heterocycles. The molecule has 2 aliphatic rings. The van der Waals surface area contributed by atoms with Crippen molar-refractivity contribution in [1.29, 1.82) is 0 Å². The minimum absolute atomic E-state index is 0.0281. The van der Waals surface area contributed by atoms with E-state index in [-0.39, 0.29) is 11.3 Å². The van der Waals surface area contributed by atoms with E-state index in [9.17, 15) is 9.90 Å². The molecule has 2 fully saturated rings. The standard InChI is InChI=1S/C14H19N3O3/c18-13(19)11-12(16-7-6-15-11)17-8-9-20-14(10-17)4-2-1-3-5-14/h6-7H,1-5,8-10H2,(H,18,19). The minimum Gasteiger partial charge on any atom is -0.476 e. The zero-order valence-electron chi connectivity index (χ0n) is 11.4. The van der Waals surface area contributed by atoms with Crippen molar-refractivity contribution < 1.29 is 14.6 Å². The molecule has 2 heterocycles. The molecule has 0 atom stereocenters. The number of ether oxygens (including phenoxy) is 1. The van der Waals surface area contributed by atoms with Crippen molar-refractivity contribution in [3.05, 3.63) is 18.1 Å². The molecule has 108 valence electrons. The molecule has 1 spiro atoms. The molecule has 0 unspecified atom stereocenters. The fourth-order valence-corrected chi connectivity index (χ4v) is 3.24. The quantitative estimate of drug-likeness (QED) is 0.887. The minimum atomic E-state index is -1.03. The Morgan fingerprint density at radius 2 is 2.00 bits per heavy atom. The van der Waals surface area contributed by atoms with Crippen LogP contribution in [0.2, 0.25) is 0 Å². The van der Waals surface area contributed by atoms with Crippen LogP contribution in [-0.4, -0.2) is 46.3 Å². The highest BCUT2D eigenvalue weighted by atomic mass is 16.5. The van der Waals surface area contributed by atoms with Crippen LogP contribution in [0.3, 0.4) is 0 Å². The van der Waals surface area contributed by atoms with E-state index in [1.807, 2.05) is 4.90 Å². The van der Waals surface area contributed by atoms with E-state index in [1.54, 1.807) is 6.20 Å². The highest BCUT2D eigenvalue weighted by molar-refractivity contribution is 5.90. The lowest BCUT2D eigenvalue weighted by molar-refractivity contribution is -0.0784. The topological polar surface area (TPSA) is 75.5 Å². The number of carboxylic acid groups (broad SMARTS) is 1. The Labute approximate surface area is 117 Å². The van der Waals surface area contributed by atoms with Crippen LogP contribution in [0.25, 0.3) is 0 Å². The summed E-state index contributed by atoms with van der Waals surface area (Å²) in [5.41, 5.74) is -0.0931. The summed E-state index contributed by atoms with van der Waals surface area (Å²) in [6, 6.07) is 0. The number of aromatic nitrogens is 2. The van der Waals surface area contributed by atoms with E-state index < -0.39 is 5.97 Å². The van der Waals surface area contributed by atoms with Gasteiger partial charge >= 0.3 is 5.97 Å². The van der Waals surface area contributed by atoms with Gasteiger partial charge in [-0.15, -0.1) is 0 Å².